The maximum Gasteiger partial charge on any atom is 0.342 e. The first-order valence-corrected chi connectivity index (χ1v) is 31.5. The van der Waals surface area contributed by atoms with Gasteiger partial charge >= 0.3 is 17.9 Å². The molecule has 0 unspecified atom stereocenters. The summed E-state index contributed by atoms with van der Waals surface area (Å²) in [5, 5.41) is 68.9. The van der Waals surface area contributed by atoms with Gasteiger partial charge in [0.05, 0.1) is 74.5 Å². The molecular weight excluding hydrogens is 1290 g/mol. The van der Waals surface area contributed by atoms with Crippen molar-refractivity contribution in [1.29, 1.82) is 0 Å². The van der Waals surface area contributed by atoms with Gasteiger partial charge in [-0.3, -0.25) is 9.59 Å². The SMILES string of the molecule is COC[C@@H]1O[C@H](O[C@H]2OC[C@H]3O[C@@]4(O[C@H]3[C@@H]2OC(C)=O)O[C@@H](C)[C@@](O)(C(C)=O)[C@@H]2OCO[C@@H]24)[C@@H](OC)[C@H](O)[C@@H]1O[C@H]1O[C@H](C)[C@@H](OC)[C@@H](O[C@@H]2C[C@@]3(C)O[C@@]4(C[C@H](O)[C@H](O[C@H]5C[C@@H](O)[C@H](OC(=O)c6c(C)c(Cl)c(O)c(Cl)c6OC)[C@@H](C)O5)[C@H](C)O4)O[C@@H]3[C@H](C)O2)[C@H]1O. The number of phenolic OH excluding ortho intramolecular Hbond substituents is 1. The number of Topliss-reactive ketones (excluding diaryl/α,β-unsaturated/α-hetero) is 1. The lowest BCUT2D eigenvalue weighted by molar-refractivity contribution is -0.428. The first-order valence-electron chi connectivity index (χ1n) is 30.8. The number of fused-ring (bicyclic) bond motifs is 4. The first-order chi connectivity index (χ1) is 44.0. The Kier molecular flexibility index (Phi) is 21.2. The van der Waals surface area contributed by atoms with E-state index in [9.17, 15) is 45.0 Å². The molecule has 0 radical (unpaired) electrons. The minimum atomic E-state index is -2.12. The normalized spacial score (nSPS) is 48.0. The van der Waals surface area contributed by atoms with Crippen molar-refractivity contribution in [2.75, 3.05) is 48.4 Å². The van der Waals surface area contributed by atoms with Gasteiger partial charge in [-0.05, 0) is 61.0 Å². The lowest BCUT2D eigenvalue weighted by Gasteiger charge is -2.49. The van der Waals surface area contributed by atoms with Crippen molar-refractivity contribution < 1.29 is 154 Å². The summed E-state index contributed by atoms with van der Waals surface area (Å²) >= 11 is 12.5. The number of halogens is 2. The topological polar surface area (TPSA) is 385 Å². The average molecular weight is 1380 g/mol. The highest BCUT2D eigenvalue weighted by molar-refractivity contribution is 6.39. The van der Waals surface area contributed by atoms with Gasteiger partial charge in [0.15, 0.2) is 66.4 Å². The summed E-state index contributed by atoms with van der Waals surface area (Å²) in [6, 6.07) is 0. The van der Waals surface area contributed by atoms with Crippen molar-refractivity contribution in [3.8, 4) is 11.5 Å². The van der Waals surface area contributed by atoms with Crippen LogP contribution in [-0.4, -0.2) is 286 Å². The lowest BCUT2D eigenvalue weighted by Crippen LogP contribution is -2.72. The van der Waals surface area contributed by atoms with E-state index in [1.165, 1.54) is 49.2 Å². The predicted octanol–water partition coefficient (Wildman–Crippen LogP) is 0.416. The zero-order chi connectivity index (χ0) is 67.3. The molecule has 10 heterocycles. The molecule has 10 aliphatic rings. The molecule has 10 aliphatic heterocycles. The third-order valence-corrected chi connectivity index (χ3v) is 19.8. The number of phenols is 1. The largest absolute Gasteiger partial charge is 0.505 e. The minimum absolute atomic E-state index is 0.00377. The average Bonchev–Trinajstić information content (AvgIpc) is 1.59. The van der Waals surface area contributed by atoms with Crippen LogP contribution in [0, 0.1) is 6.92 Å². The van der Waals surface area contributed by atoms with Crippen molar-refractivity contribution in [2.24, 2.45) is 0 Å². The van der Waals surface area contributed by atoms with Gasteiger partial charge < -0.3 is 140 Å². The van der Waals surface area contributed by atoms with Crippen LogP contribution in [0.15, 0.2) is 0 Å². The number of hydrogen-bond acceptors (Lipinski definition) is 32. The second-order valence-electron chi connectivity index (χ2n) is 25.2. The summed E-state index contributed by atoms with van der Waals surface area (Å²) in [5.41, 5.74) is -3.33. The van der Waals surface area contributed by atoms with Crippen LogP contribution in [0.4, 0.5) is 0 Å². The van der Waals surface area contributed by atoms with Gasteiger partial charge in [0, 0.05) is 41.1 Å². The molecule has 31 atom stereocenters. The third-order valence-electron chi connectivity index (χ3n) is 19.0. The number of carbonyl (C=O) groups is 3. The number of esters is 2. The van der Waals surface area contributed by atoms with Crippen LogP contribution in [0.3, 0.4) is 0 Å². The molecule has 93 heavy (non-hydrogen) atoms. The Morgan fingerprint density at radius 3 is 1.98 bits per heavy atom. The molecule has 11 rings (SSSR count). The van der Waals surface area contributed by atoms with Crippen LogP contribution in [-0.2, 0) is 114 Å². The van der Waals surface area contributed by atoms with Crippen LogP contribution in [0.25, 0.3) is 0 Å². The van der Waals surface area contributed by atoms with E-state index in [4.69, 9.17) is 132 Å². The number of ketones is 1. The molecular formula is C59H84Cl2O32. The summed E-state index contributed by atoms with van der Waals surface area (Å²) in [6.45, 7) is 12.9. The first kappa shape index (κ1) is 71.3. The van der Waals surface area contributed by atoms with E-state index in [2.05, 4.69) is 0 Å². The van der Waals surface area contributed by atoms with Gasteiger partial charge in [0.2, 0.25) is 6.29 Å². The molecule has 0 aliphatic carbocycles. The number of carbonyl (C=O) groups excluding carboxylic acids is 3. The lowest BCUT2D eigenvalue weighted by atomic mass is 9.81. The van der Waals surface area contributed by atoms with Crippen LogP contribution in [0.2, 0.25) is 10.0 Å². The smallest absolute Gasteiger partial charge is 0.342 e. The van der Waals surface area contributed by atoms with Gasteiger partial charge in [-0.1, -0.05) is 23.2 Å². The van der Waals surface area contributed by atoms with E-state index in [0.717, 1.165) is 6.92 Å². The van der Waals surface area contributed by atoms with Gasteiger partial charge in [-0.25, -0.2) is 4.79 Å². The molecule has 1 aromatic carbocycles. The number of aliphatic hydroxyl groups excluding tert-OH is 4. The molecule has 0 saturated carbocycles. The second-order valence-corrected chi connectivity index (χ2v) is 26.0. The molecule has 32 nitrogen and oxygen atoms in total. The quantitative estimate of drug-likeness (QED) is 0.115. The highest BCUT2D eigenvalue weighted by Gasteiger charge is 2.73. The fourth-order valence-electron chi connectivity index (χ4n) is 14.5. The summed E-state index contributed by atoms with van der Waals surface area (Å²) in [4.78, 5) is 39.1. The monoisotopic (exact) mass is 1370 g/mol. The number of hydrogen-bond donors (Lipinski definition) is 6. The molecule has 0 amide bonds. The van der Waals surface area contributed by atoms with Crippen LogP contribution in [0.5, 0.6) is 11.5 Å². The summed E-state index contributed by atoms with van der Waals surface area (Å²) in [5.74, 6) is -6.85. The van der Waals surface area contributed by atoms with Crippen LogP contribution in [0.1, 0.15) is 90.6 Å². The van der Waals surface area contributed by atoms with E-state index in [0.29, 0.717) is 0 Å². The number of ether oxygens (including phenoxy) is 23. The molecule has 0 aromatic heterocycles. The zero-order valence-electron chi connectivity index (χ0n) is 53.4. The number of rotatable bonds is 17. The van der Waals surface area contributed by atoms with Gasteiger partial charge in [-0.15, -0.1) is 0 Å². The van der Waals surface area contributed by atoms with Crippen molar-refractivity contribution in [3.05, 3.63) is 21.2 Å². The van der Waals surface area contributed by atoms with Gasteiger partial charge in [-0.2, -0.15) is 0 Å². The Balaban J connectivity index is 0.715. The number of aliphatic hydroxyl groups is 5. The predicted molar refractivity (Wildman–Crippen MR) is 304 cm³/mol. The summed E-state index contributed by atoms with van der Waals surface area (Å²) in [7, 11) is 5.34. The highest BCUT2D eigenvalue weighted by Crippen LogP contribution is 2.53. The van der Waals surface area contributed by atoms with Crippen molar-refractivity contribution in [2.45, 2.75) is 270 Å². The van der Waals surface area contributed by atoms with Crippen LogP contribution >= 0.6 is 23.2 Å². The molecule has 34 heteroatoms. The Labute approximate surface area is 544 Å². The van der Waals surface area contributed by atoms with Crippen molar-refractivity contribution >= 4 is 40.9 Å². The fourth-order valence-corrected chi connectivity index (χ4v) is 15.0. The minimum Gasteiger partial charge on any atom is -0.505 e. The Morgan fingerprint density at radius 1 is 0.634 bits per heavy atom. The Morgan fingerprint density at radius 2 is 1.32 bits per heavy atom. The van der Waals surface area contributed by atoms with E-state index >= 15 is 0 Å². The summed E-state index contributed by atoms with van der Waals surface area (Å²) < 4.78 is 141. The fraction of sp³-hybridized carbons (Fsp3) is 0.847. The highest BCUT2D eigenvalue weighted by atomic mass is 35.5. The molecule has 10 saturated heterocycles. The van der Waals surface area contributed by atoms with E-state index in [-0.39, 0.29) is 66.2 Å². The van der Waals surface area contributed by atoms with E-state index in [1.807, 2.05) is 0 Å². The Hall–Kier alpha value is -2.99. The molecule has 10 fully saturated rings. The third kappa shape index (κ3) is 13.0. The molecule has 526 valence electrons. The zero-order valence-corrected chi connectivity index (χ0v) is 54.9. The number of methoxy groups -OCH3 is 4. The van der Waals surface area contributed by atoms with E-state index in [1.54, 1.807) is 34.6 Å². The van der Waals surface area contributed by atoms with Crippen molar-refractivity contribution in [3.63, 3.8) is 0 Å². The molecule has 1 aromatic rings. The molecule has 6 N–H and O–H groups in total. The Bertz CT molecular complexity index is 2840. The maximum absolute atomic E-state index is 13.5. The number of benzene rings is 1. The van der Waals surface area contributed by atoms with E-state index < -0.39 is 212 Å². The maximum atomic E-state index is 13.5. The van der Waals surface area contributed by atoms with Gasteiger partial charge in [0.1, 0.15) is 96.2 Å². The summed E-state index contributed by atoms with van der Waals surface area (Å²) in [6.07, 6.45) is -32.7. The van der Waals surface area contributed by atoms with Crippen LogP contribution < -0.4 is 4.74 Å². The van der Waals surface area contributed by atoms with Crippen molar-refractivity contribution in [1.82, 2.24) is 0 Å². The molecule has 2 spiro atoms. The number of aromatic hydroxyl groups is 1. The molecule has 0 bridgehead atoms. The van der Waals surface area contributed by atoms with Gasteiger partial charge in [0.25, 0.3) is 5.97 Å². The second kappa shape index (κ2) is 27.6. The standard InChI is InChI=1S/C59H84Cl2O32/c1-20-34(45(73-12)36(61)37(66)35(20)60)52(69)85-40-21(2)78-32(14-28(40)64)83-41-23(4)88-57(15-29(41)65)92-49-24(5)79-33(16-56(49,9)93-57)84-46-39(68)53(80-22(3)42(46)72-11)86-43-30(17-71-10)82-55(47(74-13)38(43)67)87-54-48(81-27(8)63)44-31(18-75-54)90-59(91-44)51-50(76-19-77-51)58(70,25(6)62)26(7)89-59/h21-24,26,28-33,38-44,46-51,53-55,64-68,70H,14-19H2,1-13H3/t21-,22-,23+,24+,26+,28-,29+,30+,31-,32+,33-,38-,39-,40-,41-,42-,43-,44-,46+,47+,48+,49-,50-,51+,53-,54-,55-,56-,57-,58+,59+/m1/s1.